The Bertz CT molecular complexity index is 458. The van der Waals surface area contributed by atoms with Crippen molar-refractivity contribution in [1.29, 1.82) is 0 Å². The largest absolute Gasteiger partial charge is 0.481 e. The predicted molar refractivity (Wildman–Crippen MR) is 56.1 cm³/mol. The molecule has 0 aliphatic rings. The number of carboxylic acids is 2. The Morgan fingerprint density at radius 2 is 2.24 bits per heavy atom. The van der Waals surface area contributed by atoms with Gasteiger partial charge in [0.1, 0.15) is 12.2 Å². The molecule has 0 fully saturated rings. The van der Waals surface area contributed by atoms with Crippen LogP contribution in [0.5, 0.6) is 0 Å². The number of nitro groups is 1. The highest BCUT2D eigenvalue weighted by Gasteiger charge is 2.23. The zero-order chi connectivity index (χ0) is 13.0. The molecule has 0 amide bonds. The molecule has 17 heavy (non-hydrogen) atoms. The normalized spacial score (nSPS) is 11.8. The number of nitrogens with zero attached hydrogens (tertiary/aromatic N) is 2. The molecule has 1 unspecified atom stereocenters. The predicted octanol–water partition coefficient (Wildman–Crippen LogP) is 0.391. The second-order valence-electron chi connectivity index (χ2n) is 2.89. The second kappa shape index (κ2) is 5.21. The van der Waals surface area contributed by atoms with Gasteiger partial charge in [0.25, 0.3) is 0 Å². The maximum atomic E-state index is 10.7. The van der Waals surface area contributed by atoms with Crippen LogP contribution in [-0.2, 0) is 9.59 Å². The van der Waals surface area contributed by atoms with E-state index in [-0.39, 0.29) is 10.1 Å². The number of hydrogen-bond donors (Lipinski definition) is 3. The van der Waals surface area contributed by atoms with E-state index < -0.39 is 29.3 Å². The number of carbonyl (C=O) groups is 2. The van der Waals surface area contributed by atoms with E-state index in [1.54, 1.807) is 0 Å². The van der Waals surface area contributed by atoms with Crippen LogP contribution in [0.15, 0.2) is 6.20 Å². The van der Waals surface area contributed by atoms with Gasteiger partial charge in [-0.3, -0.25) is 14.9 Å². The van der Waals surface area contributed by atoms with Crippen LogP contribution in [-0.4, -0.2) is 38.1 Å². The summed E-state index contributed by atoms with van der Waals surface area (Å²) in [4.78, 5) is 34.3. The van der Waals surface area contributed by atoms with Crippen LogP contribution in [0.1, 0.15) is 6.42 Å². The number of hydrogen-bond acceptors (Lipinski definition) is 7. The third-order valence-corrected chi connectivity index (χ3v) is 2.53. The lowest BCUT2D eigenvalue weighted by Crippen LogP contribution is -2.31. The minimum absolute atomic E-state index is 0.00894. The molecule has 0 radical (unpaired) electrons. The number of anilines is 1. The van der Waals surface area contributed by atoms with Crippen molar-refractivity contribution < 1.29 is 24.7 Å². The molecule has 1 aromatic rings. The van der Waals surface area contributed by atoms with E-state index in [1.807, 2.05) is 0 Å². The van der Waals surface area contributed by atoms with Crippen molar-refractivity contribution in [1.82, 2.24) is 4.98 Å². The first-order valence-corrected chi connectivity index (χ1v) is 5.03. The summed E-state index contributed by atoms with van der Waals surface area (Å²) in [6.45, 7) is 0. The van der Waals surface area contributed by atoms with Gasteiger partial charge in [-0.1, -0.05) is 0 Å². The Morgan fingerprint density at radius 1 is 1.59 bits per heavy atom. The number of carboxylic acid groups (broad SMARTS) is 2. The summed E-state index contributed by atoms with van der Waals surface area (Å²) >= 11 is 0.636. The monoisotopic (exact) mass is 261 g/mol. The van der Waals surface area contributed by atoms with Crippen LogP contribution in [0.2, 0.25) is 0 Å². The maximum absolute atomic E-state index is 10.7. The lowest BCUT2D eigenvalue weighted by atomic mass is 10.2. The summed E-state index contributed by atoms with van der Waals surface area (Å²) in [5, 5.41) is 29.6. The Hall–Kier alpha value is -2.23. The lowest BCUT2D eigenvalue weighted by molar-refractivity contribution is -0.380. The number of aliphatic carboxylic acids is 2. The molecule has 10 heteroatoms. The Morgan fingerprint density at radius 3 is 2.65 bits per heavy atom. The van der Waals surface area contributed by atoms with Crippen LogP contribution < -0.4 is 5.32 Å². The SMILES string of the molecule is O=C(O)CC(Nc1ncc([N+](=O)[O-])s1)C(=O)O. The van der Waals surface area contributed by atoms with Crippen molar-refractivity contribution in [2.75, 3.05) is 5.32 Å². The highest BCUT2D eigenvalue weighted by Crippen LogP contribution is 2.25. The first-order chi connectivity index (χ1) is 7.90. The summed E-state index contributed by atoms with van der Waals surface area (Å²) < 4.78 is 0. The first kappa shape index (κ1) is 12.8. The third-order valence-electron chi connectivity index (χ3n) is 1.65. The highest BCUT2D eigenvalue weighted by molar-refractivity contribution is 7.18. The van der Waals surface area contributed by atoms with Crippen LogP contribution >= 0.6 is 11.3 Å². The van der Waals surface area contributed by atoms with Gasteiger partial charge in [0.2, 0.25) is 0 Å². The Kier molecular flexibility index (Phi) is 3.93. The fourth-order valence-electron chi connectivity index (χ4n) is 0.940. The number of aromatic nitrogens is 1. The molecule has 0 aromatic carbocycles. The van der Waals surface area contributed by atoms with E-state index in [0.29, 0.717) is 11.3 Å². The molecule has 0 saturated heterocycles. The molecule has 1 heterocycles. The van der Waals surface area contributed by atoms with Crippen molar-refractivity contribution in [3.05, 3.63) is 16.3 Å². The zero-order valence-corrected chi connectivity index (χ0v) is 9.01. The molecule has 3 N–H and O–H groups in total. The van der Waals surface area contributed by atoms with Gasteiger partial charge in [-0.15, -0.1) is 0 Å². The Labute approximate surface area is 97.9 Å². The van der Waals surface area contributed by atoms with Crippen LogP contribution in [0.4, 0.5) is 10.1 Å². The zero-order valence-electron chi connectivity index (χ0n) is 8.19. The third kappa shape index (κ3) is 3.68. The van der Waals surface area contributed by atoms with Gasteiger partial charge in [-0.25, -0.2) is 9.78 Å². The van der Waals surface area contributed by atoms with Crippen LogP contribution in [0, 0.1) is 10.1 Å². The Balaban J connectivity index is 2.75. The van der Waals surface area contributed by atoms with Gasteiger partial charge in [0, 0.05) is 0 Å². The highest BCUT2D eigenvalue weighted by atomic mass is 32.1. The quantitative estimate of drug-likeness (QED) is 0.493. The lowest BCUT2D eigenvalue weighted by Gasteiger charge is -2.10. The summed E-state index contributed by atoms with van der Waals surface area (Å²) in [7, 11) is 0. The molecule has 0 spiro atoms. The minimum atomic E-state index is -1.38. The van der Waals surface area contributed by atoms with Gasteiger partial charge >= 0.3 is 16.9 Å². The molecular formula is C7H7N3O6S. The molecule has 1 aromatic heterocycles. The van der Waals surface area contributed by atoms with Crippen LogP contribution in [0.25, 0.3) is 0 Å². The average molecular weight is 261 g/mol. The number of nitrogens with one attached hydrogen (secondary N) is 1. The molecule has 9 nitrogen and oxygen atoms in total. The topological polar surface area (TPSA) is 143 Å². The molecule has 92 valence electrons. The van der Waals surface area contributed by atoms with Gasteiger partial charge in [0.05, 0.1) is 11.3 Å². The van der Waals surface area contributed by atoms with Crippen LogP contribution in [0.3, 0.4) is 0 Å². The average Bonchev–Trinajstić information content (AvgIpc) is 2.64. The van der Waals surface area contributed by atoms with Gasteiger partial charge in [-0.05, 0) is 11.3 Å². The van der Waals surface area contributed by atoms with Gasteiger partial charge in [-0.2, -0.15) is 0 Å². The second-order valence-corrected chi connectivity index (χ2v) is 3.90. The maximum Gasteiger partial charge on any atom is 0.345 e. The molecular weight excluding hydrogens is 254 g/mol. The summed E-state index contributed by atoms with van der Waals surface area (Å²) in [6, 6.07) is -1.38. The van der Waals surface area contributed by atoms with E-state index in [4.69, 9.17) is 10.2 Å². The van der Waals surface area contributed by atoms with E-state index in [9.17, 15) is 19.7 Å². The van der Waals surface area contributed by atoms with E-state index >= 15 is 0 Å². The fraction of sp³-hybridized carbons (Fsp3) is 0.286. The van der Waals surface area contributed by atoms with Gasteiger partial charge in [0.15, 0.2) is 5.13 Å². The van der Waals surface area contributed by atoms with Crippen molar-refractivity contribution in [3.63, 3.8) is 0 Å². The first-order valence-electron chi connectivity index (χ1n) is 4.21. The molecule has 0 aliphatic carbocycles. The van der Waals surface area contributed by atoms with Crippen molar-refractivity contribution in [2.24, 2.45) is 0 Å². The van der Waals surface area contributed by atoms with Crippen molar-refractivity contribution in [2.45, 2.75) is 12.5 Å². The minimum Gasteiger partial charge on any atom is -0.481 e. The van der Waals surface area contributed by atoms with E-state index in [1.165, 1.54) is 0 Å². The molecule has 0 saturated carbocycles. The number of rotatable bonds is 6. The van der Waals surface area contributed by atoms with E-state index in [2.05, 4.69) is 10.3 Å². The number of thiazole rings is 1. The molecule has 1 rings (SSSR count). The molecule has 0 bridgehead atoms. The van der Waals surface area contributed by atoms with Crippen molar-refractivity contribution in [3.8, 4) is 0 Å². The van der Waals surface area contributed by atoms with E-state index in [0.717, 1.165) is 6.20 Å². The molecule has 1 atom stereocenters. The van der Waals surface area contributed by atoms with Gasteiger partial charge < -0.3 is 15.5 Å². The smallest absolute Gasteiger partial charge is 0.345 e. The molecule has 0 aliphatic heterocycles. The summed E-state index contributed by atoms with van der Waals surface area (Å²) in [6.07, 6.45) is 0.315. The van der Waals surface area contributed by atoms with Crippen molar-refractivity contribution >= 4 is 33.4 Å². The standard InChI is InChI=1S/C7H7N3O6S/c11-5(12)1-3(6(13)14)9-7-8-2-4(17-7)10(15)16/h2-3H,1H2,(H,8,9)(H,11,12)(H,13,14). The fourth-order valence-corrected chi connectivity index (χ4v) is 1.63. The summed E-state index contributed by atoms with van der Waals surface area (Å²) in [5.74, 6) is -2.67. The summed E-state index contributed by atoms with van der Waals surface area (Å²) in [5.41, 5.74) is 0.